The number of carbonyl (C=O) groups is 1. The van der Waals surface area contributed by atoms with Gasteiger partial charge in [0.1, 0.15) is 0 Å². The Balaban J connectivity index is 1.51. The lowest BCUT2D eigenvalue weighted by molar-refractivity contribution is -0.138. The van der Waals surface area contributed by atoms with Gasteiger partial charge in [-0.3, -0.25) is 9.69 Å². The lowest BCUT2D eigenvalue weighted by Crippen LogP contribution is -2.51. The molecule has 1 saturated heterocycles. The lowest BCUT2D eigenvalue weighted by atomic mass is 10.1. The minimum absolute atomic E-state index is 0.185. The second kappa shape index (κ2) is 5.23. The second-order valence-electron chi connectivity index (χ2n) is 5.63. The first-order valence-corrected chi connectivity index (χ1v) is 7.86. The van der Waals surface area contributed by atoms with E-state index in [4.69, 9.17) is 5.73 Å². The first kappa shape index (κ1) is 13.1. The number of thiophene rings is 1. The van der Waals surface area contributed by atoms with Crippen molar-refractivity contribution in [3.8, 4) is 0 Å². The third kappa shape index (κ3) is 2.68. The van der Waals surface area contributed by atoms with Crippen LogP contribution in [0.15, 0.2) is 17.5 Å². The van der Waals surface area contributed by atoms with Crippen LogP contribution in [0.3, 0.4) is 0 Å². The molecule has 1 saturated carbocycles. The van der Waals surface area contributed by atoms with E-state index >= 15 is 0 Å². The van der Waals surface area contributed by atoms with Crippen molar-refractivity contribution in [1.29, 1.82) is 0 Å². The first-order valence-electron chi connectivity index (χ1n) is 6.98. The van der Waals surface area contributed by atoms with Gasteiger partial charge in [-0.05, 0) is 24.3 Å². The molecule has 19 heavy (non-hydrogen) atoms. The fourth-order valence-corrected chi connectivity index (χ4v) is 3.47. The van der Waals surface area contributed by atoms with Gasteiger partial charge in [0.05, 0.1) is 5.41 Å². The van der Waals surface area contributed by atoms with E-state index < -0.39 is 0 Å². The topological polar surface area (TPSA) is 49.6 Å². The van der Waals surface area contributed by atoms with Crippen molar-refractivity contribution in [3.63, 3.8) is 0 Å². The Bertz CT molecular complexity index is 434. The van der Waals surface area contributed by atoms with Crippen molar-refractivity contribution in [2.24, 2.45) is 11.1 Å². The van der Waals surface area contributed by atoms with Crippen molar-refractivity contribution in [2.45, 2.75) is 19.4 Å². The second-order valence-corrected chi connectivity index (χ2v) is 6.66. The number of piperazine rings is 1. The standard InChI is InChI=1S/C14H21N3OS/c15-11-14(3-4-14)13(18)17-7-5-16(6-8-17)10-12-2-1-9-19-12/h1-2,9H,3-8,10-11,15H2. The van der Waals surface area contributed by atoms with Gasteiger partial charge in [0.25, 0.3) is 0 Å². The number of nitrogens with two attached hydrogens (primary N) is 1. The molecule has 0 aromatic carbocycles. The molecule has 0 spiro atoms. The Morgan fingerprint density at radius 2 is 2.05 bits per heavy atom. The van der Waals surface area contributed by atoms with Crippen molar-refractivity contribution in [3.05, 3.63) is 22.4 Å². The van der Waals surface area contributed by atoms with Gasteiger partial charge in [-0.25, -0.2) is 0 Å². The highest BCUT2D eigenvalue weighted by atomic mass is 32.1. The normalized spacial score (nSPS) is 22.5. The Kier molecular flexibility index (Phi) is 3.60. The largest absolute Gasteiger partial charge is 0.340 e. The molecule has 1 aromatic rings. The maximum atomic E-state index is 12.4. The Morgan fingerprint density at radius 3 is 2.58 bits per heavy atom. The summed E-state index contributed by atoms with van der Waals surface area (Å²) in [4.78, 5) is 18.2. The molecule has 5 heteroatoms. The van der Waals surface area contributed by atoms with Gasteiger partial charge < -0.3 is 10.6 Å². The van der Waals surface area contributed by atoms with Crippen LogP contribution in [-0.2, 0) is 11.3 Å². The molecule has 104 valence electrons. The van der Waals surface area contributed by atoms with Crippen LogP contribution >= 0.6 is 11.3 Å². The van der Waals surface area contributed by atoms with Crippen LogP contribution in [0.1, 0.15) is 17.7 Å². The molecule has 1 amide bonds. The van der Waals surface area contributed by atoms with Crippen molar-refractivity contribution in [1.82, 2.24) is 9.80 Å². The average molecular weight is 279 g/mol. The van der Waals surface area contributed by atoms with Crippen LogP contribution in [0.25, 0.3) is 0 Å². The third-order valence-corrected chi connectivity index (χ3v) is 5.18. The zero-order valence-electron chi connectivity index (χ0n) is 11.2. The Hall–Kier alpha value is -0.910. The van der Waals surface area contributed by atoms with Crippen molar-refractivity contribution in [2.75, 3.05) is 32.7 Å². The van der Waals surface area contributed by atoms with Crippen LogP contribution in [0.2, 0.25) is 0 Å². The Labute approximate surface area is 118 Å². The number of hydrogen-bond acceptors (Lipinski definition) is 4. The van der Waals surface area contributed by atoms with Gasteiger partial charge in [0, 0.05) is 44.1 Å². The van der Waals surface area contributed by atoms with Gasteiger partial charge in [-0.15, -0.1) is 11.3 Å². The third-order valence-electron chi connectivity index (χ3n) is 4.32. The summed E-state index contributed by atoms with van der Waals surface area (Å²) in [5.41, 5.74) is 5.55. The molecular formula is C14H21N3OS. The zero-order valence-corrected chi connectivity index (χ0v) is 12.0. The molecule has 0 radical (unpaired) electrons. The molecule has 0 unspecified atom stereocenters. The summed E-state index contributed by atoms with van der Waals surface area (Å²) in [5.74, 6) is 0.297. The van der Waals surface area contributed by atoms with Gasteiger partial charge >= 0.3 is 0 Å². The van der Waals surface area contributed by atoms with E-state index in [1.807, 2.05) is 4.90 Å². The molecule has 0 bridgehead atoms. The monoisotopic (exact) mass is 279 g/mol. The van der Waals surface area contributed by atoms with E-state index in [-0.39, 0.29) is 5.41 Å². The maximum Gasteiger partial charge on any atom is 0.230 e. The van der Waals surface area contributed by atoms with Gasteiger partial charge in [-0.1, -0.05) is 6.07 Å². The summed E-state index contributed by atoms with van der Waals surface area (Å²) < 4.78 is 0. The predicted molar refractivity (Wildman–Crippen MR) is 76.9 cm³/mol. The van der Waals surface area contributed by atoms with E-state index in [9.17, 15) is 4.79 Å². The molecule has 4 nitrogen and oxygen atoms in total. The van der Waals surface area contributed by atoms with E-state index in [1.165, 1.54) is 4.88 Å². The van der Waals surface area contributed by atoms with Crippen LogP contribution < -0.4 is 5.73 Å². The zero-order chi connectivity index (χ0) is 13.3. The van der Waals surface area contributed by atoms with Crippen LogP contribution in [0.4, 0.5) is 0 Å². The number of rotatable bonds is 4. The molecule has 2 N–H and O–H groups in total. The highest BCUT2D eigenvalue weighted by Gasteiger charge is 2.50. The fourth-order valence-electron chi connectivity index (χ4n) is 2.72. The quantitative estimate of drug-likeness (QED) is 0.899. The van der Waals surface area contributed by atoms with Crippen molar-refractivity contribution >= 4 is 17.2 Å². The molecule has 3 rings (SSSR count). The van der Waals surface area contributed by atoms with Gasteiger partial charge in [-0.2, -0.15) is 0 Å². The van der Waals surface area contributed by atoms with E-state index in [2.05, 4.69) is 22.4 Å². The summed E-state index contributed by atoms with van der Waals surface area (Å²) >= 11 is 1.80. The van der Waals surface area contributed by atoms with Crippen molar-refractivity contribution < 1.29 is 4.79 Å². The molecule has 2 fully saturated rings. The lowest BCUT2D eigenvalue weighted by Gasteiger charge is -2.36. The average Bonchev–Trinajstić information content (AvgIpc) is 3.09. The van der Waals surface area contributed by atoms with Crippen LogP contribution in [-0.4, -0.2) is 48.4 Å². The summed E-state index contributed by atoms with van der Waals surface area (Å²) in [5, 5.41) is 2.12. The summed E-state index contributed by atoms with van der Waals surface area (Å²) in [7, 11) is 0. The fraction of sp³-hybridized carbons (Fsp3) is 0.643. The number of carbonyl (C=O) groups excluding carboxylic acids is 1. The van der Waals surface area contributed by atoms with Gasteiger partial charge in [0.2, 0.25) is 5.91 Å². The minimum atomic E-state index is -0.185. The predicted octanol–water partition coefficient (Wildman–Crippen LogP) is 1.13. The van der Waals surface area contributed by atoms with Gasteiger partial charge in [0.15, 0.2) is 0 Å². The van der Waals surface area contributed by atoms with E-state index in [0.29, 0.717) is 12.5 Å². The van der Waals surface area contributed by atoms with E-state index in [0.717, 1.165) is 45.6 Å². The molecule has 1 aromatic heterocycles. The smallest absolute Gasteiger partial charge is 0.230 e. The van der Waals surface area contributed by atoms with Crippen LogP contribution in [0, 0.1) is 5.41 Å². The number of nitrogens with zero attached hydrogens (tertiary/aromatic N) is 2. The molecule has 0 atom stereocenters. The summed E-state index contributed by atoms with van der Waals surface area (Å²) in [6, 6.07) is 4.27. The SMILES string of the molecule is NCC1(C(=O)N2CCN(Cc3cccs3)CC2)CC1. The number of amides is 1. The maximum absolute atomic E-state index is 12.4. The molecule has 1 aliphatic carbocycles. The minimum Gasteiger partial charge on any atom is -0.340 e. The van der Waals surface area contributed by atoms with E-state index in [1.54, 1.807) is 11.3 Å². The summed E-state index contributed by atoms with van der Waals surface area (Å²) in [6.07, 6.45) is 1.97. The molecule has 1 aliphatic heterocycles. The van der Waals surface area contributed by atoms with Crippen LogP contribution in [0.5, 0.6) is 0 Å². The highest BCUT2D eigenvalue weighted by Crippen LogP contribution is 2.46. The molecular weight excluding hydrogens is 258 g/mol. The number of hydrogen-bond donors (Lipinski definition) is 1. The molecule has 2 heterocycles. The Morgan fingerprint density at radius 1 is 1.32 bits per heavy atom. The highest BCUT2D eigenvalue weighted by molar-refractivity contribution is 7.09. The summed E-state index contributed by atoms with van der Waals surface area (Å²) in [6.45, 7) is 5.19. The first-order chi connectivity index (χ1) is 9.23. The molecule has 2 aliphatic rings.